The Labute approximate surface area is 53.7 Å². The zero-order chi connectivity index (χ0) is 6.57. The van der Waals surface area contributed by atoms with Gasteiger partial charge < -0.3 is 4.43 Å². The van der Waals surface area contributed by atoms with E-state index in [1.807, 2.05) is 0 Å². The van der Waals surface area contributed by atoms with Gasteiger partial charge in [-0.2, -0.15) is 0 Å². The lowest BCUT2D eigenvalue weighted by molar-refractivity contribution is 0.447. The fourth-order valence-corrected chi connectivity index (χ4v) is 1.08. The maximum Gasteiger partial charge on any atom is 0.187 e. The minimum Gasteiger partial charge on any atom is -0.422 e. The predicted molar refractivity (Wildman–Crippen MR) is 39.6 cm³/mol. The van der Waals surface area contributed by atoms with Crippen LogP contribution < -0.4 is 0 Å². The van der Waals surface area contributed by atoms with Gasteiger partial charge >= 0.3 is 0 Å². The molecular formula is C6H14OSi. The van der Waals surface area contributed by atoms with Crippen molar-refractivity contribution in [3.8, 4) is 0 Å². The van der Waals surface area contributed by atoms with Gasteiger partial charge in [0.25, 0.3) is 0 Å². The molecule has 0 spiro atoms. The molecular weight excluding hydrogens is 116 g/mol. The molecule has 0 aromatic heterocycles. The Hall–Kier alpha value is -0.0831. The summed E-state index contributed by atoms with van der Waals surface area (Å²) in [5, 5.41) is 1.47. The van der Waals surface area contributed by atoms with Gasteiger partial charge in [-0.3, -0.25) is 0 Å². The van der Waals surface area contributed by atoms with E-state index >= 15 is 0 Å². The van der Waals surface area contributed by atoms with Gasteiger partial charge in [0.1, 0.15) is 0 Å². The third-order valence-corrected chi connectivity index (χ3v) is 2.64. The van der Waals surface area contributed by atoms with Gasteiger partial charge in [-0.05, 0) is 20.8 Å². The zero-order valence-corrected chi connectivity index (χ0v) is 7.53. The van der Waals surface area contributed by atoms with E-state index in [1.54, 1.807) is 7.11 Å². The topological polar surface area (TPSA) is 9.23 Å². The Bertz CT molecular complexity index is 92.7. The Balaban J connectivity index is 3.62. The summed E-state index contributed by atoms with van der Waals surface area (Å²) in [4.78, 5) is 0. The number of hydrogen-bond donors (Lipinski definition) is 0. The van der Waals surface area contributed by atoms with Crippen LogP contribution in [0.15, 0.2) is 10.8 Å². The number of rotatable bonds is 2. The second kappa shape index (κ2) is 3.86. The average Bonchev–Trinajstić information content (AvgIpc) is 1.67. The third-order valence-electron chi connectivity index (χ3n) is 1.21. The van der Waals surface area contributed by atoms with E-state index in [1.165, 1.54) is 10.8 Å². The van der Waals surface area contributed by atoms with Crippen LogP contribution in [0.3, 0.4) is 0 Å². The fraction of sp³-hybridized carbons (Fsp3) is 0.667. The van der Waals surface area contributed by atoms with E-state index in [0.717, 1.165) is 0 Å². The van der Waals surface area contributed by atoms with Gasteiger partial charge in [-0.1, -0.05) is 10.8 Å². The highest BCUT2D eigenvalue weighted by Crippen LogP contribution is 1.98. The monoisotopic (exact) mass is 130 g/mol. The Morgan fingerprint density at radius 2 is 1.75 bits per heavy atom. The van der Waals surface area contributed by atoms with E-state index in [4.69, 9.17) is 4.43 Å². The molecule has 0 radical (unpaired) electrons. The van der Waals surface area contributed by atoms with Gasteiger partial charge in [0.2, 0.25) is 0 Å². The maximum absolute atomic E-state index is 5.05. The minimum absolute atomic E-state index is 0.322. The molecule has 0 aliphatic carbocycles. The summed E-state index contributed by atoms with van der Waals surface area (Å²) < 4.78 is 5.05. The summed E-state index contributed by atoms with van der Waals surface area (Å²) in [6.07, 6.45) is 0. The van der Waals surface area contributed by atoms with Crippen molar-refractivity contribution in [1.29, 1.82) is 0 Å². The van der Waals surface area contributed by atoms with Crippen LogP contribution in [0.5, 0.6) is 0 Å². The first kappa shape index (κ1) is 7.92. The van der Waals surface area contributed by atoms with Gasteiger partial charge in [0, 0.05) is 7.11 Å². The van der Waals surface area contributed by atoms with Crippen LogP contribution in [-0.2, 0) is 4.43 Å². The summed E-state index contributed by atoms with van der Waals surface area (Å²) in [7, 11) is 1.45. The van der Waals surface area contributed by atoms with Crippen LogP contribution in [0.4, 0.5) is 0 Å². The van der Waals surface area contributed by atoms with E-state index < -0.39 is 0 Å². The van der Waals surface area contributed by atoms with Crippen molar-refractivity contribution in [2.75, 3.05) is 7.11 Å². The van der Waals surface area contributed by atoms with Crippen molar-refractivity contribution >= 4 is 9.76 Å². The zero-order valence-electron chi connectivity index (χ0n) is 6.12. The van der Waals surface area contributed by atoms with Crippen LogP contribution in [0.2, 0.25) is 0 Å². The lowest BCUT2D eigenvalue weighted by Gasteiger charge is -1.98. The number of hydrogen-bond acceptors (Lipinski definition) is 1. The summed E-state index contributed by atoms with van der Waals surface area (Å²) in [5.41, 5.74) is 1.42. The minimum atomic E-state index is -0.322. The van der Waals surface area contributed by atoms with Crippen LogP contribution in [0, 0.1) is 0 Å². The van der Waals surface area contributed by atoms with Gasteiger partial charge in [-0.25, -0.2) is 0 Å². The molecule has 0 amide bonds. The molecule has 0 saturated carbocycles. The Morgan fingerprint density at radius 3 is 1.88 bits per heavy atom. The second-order valence-electron chi connectivity index (χ2n) is 2.21. The molecule has 0 aromatic rings. The molecule has 2 heteroatoms. The van der Waals surface area contributed by atoms with E-state index in [-0.39, 0.29) is 9.76 Å². The third kappa shape index (κ3) is 2.99. The van der Waals surface area contributed by atoms with E-state index in [9.17, 15) is 0 Å². The van der Waals surface area contributed by atoms with Crippen LogP contribution in [0.25, 0.3) is 0 Å². The molecule has 8 heavy (non-hydrogen) atoms. The highest BCUT2D eigenvalue weighted by atomic mass is 28.2. The fourth-order valence-electron chi connectivity index (χ4n) is 0.361. The second-order valence-corrected chi connectivity index (χ2v) is 4.14. The summed E-state index contributed by atoms with van der Waals surface area (Å²) in [5.74, 6) is 0. The largest absolute Gasteiger partial charge is 0.422 e. The Kier molecular flexibility index (Phi) is 3.82. The molecule has 1 nitrogen and oxygen atoms in total. The van der Waals surface area contributed by atoms with Crippen molar-refractivity contribution in [1.82, 2.24) is 0 Å². The first-order valence-electron chi connectivity index (χ1n) is 2.80. The SMILES string of the molecule is CO[SiH2]C(C)=C(C)C. The van der Waals surface area contributed by atoms with Crippen molar-refractivity contribution in [2.45, 2.75) is 20.8 Å². The van der Waals surface area contributed by atoms with Crippen LogP contribution >= 0.6 is 0 Å². The molecule has 0 aliphatic heterocycles. The van der Waals surface area contributed by atoms with Gasteiger partial charge in [-0.15, -0.1) is 0 Å². The first-order valence-corrected chi connectivity index (χ1v) is 4.08. The van der Waals surface area contributed by atoms with E-state index in [0.29, 0.717) is 0 Å². The lowest BCUT2D eigenvalue weighted by Crippen LogP contribution is -1.96. The quantitative estimate of drug-likeness (QED) is 0.507. The highest BCUT2D eigenvalue weighted by Gasteiger charge is 1.89. The molecule has 0 bridgehead atoms. The smallest absolute Gasteiger partial charge is 0.187 e. The normalized spacial score (nSPS) is 10.5. The first-order chi connectivity index (χ1) is 3.68. The molecule has 0 heterocycles. The Morgan fingerprint density at radius 1 is 1.25 bits per heavy atom. The standard InChI is InChI=1S/C6H14OSi/c1-5(2)6(3)8-7-4/h8H2,1-4H3. The molecule has 0 rings (SSSR count). The lowest BCUT2D eigenvalue weighted by atomic mass is 10.3. The number of allylic oxidation sites excluding steroid dienone is 2. The van der Waals surface area contributed by atoms with Crippen LogP contribution in [-0.4, -0.2) is 16.9 Å². The summed E-state index contributed by atoms with van der Waals surface area (Å²) >= 11 is 0. The van der Waals surface area contributed by atoms with Crippen molar-refractivity contribution in [3.05, 3.63) is 10.8 Å². The molecule has 0 N–H and O–H groups in total. The average molecular weight is 130 g/mol. The summed E-state index contributed by atoms with van der Waals surface area (Å²) in [6, 6.07) is 0. The molecule has 0 atom stereocenters. The maximum atomic E-state index is 5.05. The molecule has 0 fully saturated rings. The highest BCUT2D eigenvalue weighted by molar-refractivity contribution is 6.37. The predicted octanol–water partition coefficient (Wildman–Crippen LogP) is 1.03. The molecule has 0 aromatic carbocycles. The van der Waals surface area contributed by atoms with Crippen LogP contribution in [0.1, 0.15) is 20.8 Å². The molecule has 0 saturated heterocycles. The summed E-state index contributed by atoms with van der Waals surface area (Å²) in [6.45, 7) is 6.40. The van der Waals surface area contributed by atoms with Crippen molar-refractivity contribution in [3.63, 3.8) is 0 Å². The van der Waals surface area contributed by atoms with Crippen molar-refractivity contribution in [2.24, 2.45) is 0 Å². The molecule has 48 valence electrons. The molecule has 0 aliphatic rings. The van der Waals surface area contributed by atoms with Gasteiger partial charge in [0.15, 0.2) is 9.76 Å². The van der Waals surface area contributed by atoms with Gasteiger partial charge in [0.05, 0.1) is 0 Å². The van der Waals surface area contributed by atoms with Crippen molar-refractivity contribution < 1.29 is 4.43 Å². The molecule has 0 unspecified atom stereocenters. The van der Waals surface area contributed by atoms with E-state index in [2.05, 4.69) is 20.8 Å².